The van der Waals surface area contributed by atoms with Crippen molar-refractivity contribution in [2.24, 2.45) is 5.84 Å². The van der Waals surface area contributed by atoms with Gasteiger partial charge in [-0.3, -0.25) is 0 Å². The van der Waals surface area contributed by atoms with Gasteiger partial charge in [0, 0.05) is 6.07 Å². The van der Waals surface area contributed by atoms with E-state index in [9.17, 15) is 17.6 Å². The van der Waals surface area contributed by atoms with Crippen LogP contribution in [-0.4, -0.2) is 9.97 Å². The van der Waals surface area contributed by atoms with Gasteiger partial charge in [0.1, 0.15) is 16.5 Å². The highest BCUT2D eigenvalue weighted by Gasteiger charge is 2.20. The molecule has 2 rings (SSSR count). The van der Waals surface area contributed by atoms with Crippen LogP contribution in [0.1, 0.15) is 0 Å². The molecule has 20 heavy (non-hydrogen) atoms. The van der Waals surface area contributed by atoms with Crippen LogP contribution in [0.15, 0.2) is 16.9 Å². The fraction of sp³-hybridized carbons (Fsp3) is 0. The monoisotopic (exact) mass is 351 g/mol. The van der Waals surface area contributed by atoms with Crippen LogP contribution in [0, 0.1) is 23.3 Å². The van der Waals surface area contributed by atoms with Crippen molar-refractivity contribution < 1.29 is 17.6 Å². The molecular weight excluding hydrogens is 346 g/mol. The summed E-state index contributed by atoms with van der Waals surface area (Å²) in [6, 6.07) is 0.109. The third kappa shape index (κ3) is 2.51. The van der Waals surface area contributed by atoms with Crippen molar-refractivity contribution in [3.05, 3.63) is 40.1 Å². The van der Waals surface area contributed by atoms with Gasteiger partial charge in [-0.25, -0.2) is 33.4 Å². The summed E-state index contributed by atoms with van der Waals surface area (Å²) in [6.07, 6.45) is 1.04. The molecule has 0 spiro atoms. The minimum absolute atomic E-state index is 0.109. The standard InChI is InChI=1S/C10H6BrF4N5/c11-5-9(17-2-18-10(5)20-16)19-8-6(14)3(12)1-4(13)7(8)15/h1-2H,16H2,(H2,17,18,19,20). The van der Waals surface area contributed by atoms with E-state index in [1.807, 2.05) is 0 Å². The Kier molecular flexibility index (Phi) is 4.04. The maximum atomic E-state index is 13.5. The highest BCUT2D eigenvalue weighted by molar-refractivity contribution is 9.10. The van der Waals surface area contributed by atoms with Crippen LogP contribution in [0.25, 0.3) is 0 Å². The first kappa shape index (κ1) is 14.5. The second-order valence-electron chi connectivity index (χ2n) is 3.50. The first-order valence-corrected chi connectivity index (χ1v) is 5.82. The predicted octanol–water partition coefficient (Wildman–Crippen LogP) is 2.82. The Bertz CT molecular complexity index is 640. The number of hydrogen-bond acceptors (Lipinski definition) is 5. The number of nitrogens with zero attached hydrogens (tertiary/aromatic N) is 2. The van der Waals surface area contributed by atoms with Crippen molar-refractivity contribution in [2.75, 3.05) is 10.7 Å². The van der Waals surface area contributed by atoms with Gasteiger partial charge in [0.15, 0.2) is 34.9 Å². The molecule has 0 aliphatic rings. The number of benzene rings is 1. The molecule has 0 aliphatic carbocycles. The van der Waals surface area contributed by atoms with Crippen LogP contribution in [0.4, 0.5) is 34.9 Å². The Morgan fingerprint density at radius 3 is 2.10 bits per heavy atom. The van der Waals surface area contributed by atoms with E-state index in [-0.39, 0.29) is 22.2 Å². The minimum Gasteiger partial charge on any atom is -0.334 e. The lowest BCUT2D eigenvalue weighted by atomic mass is 10.2. The predicted molar refractivity (Wildman–Crippen MR) is 67.1 cm³/mol. The topological polar surface area (TPSA) is 75.9 Å². The largest absolute Gasteiger partial charge is 0.334 e. The minimum atomic E-state index is -1.57. The third-order valence-electron chi connectivity index (χ3n) is 2.28. The number of hydrogen-bond donors (Lipinski definition) is 3. The third-order valence-corrected chi connectivity index (χ3v) is 3.03. The molecule has 5 nitrogen and oxygen atoms in total. The van der Waals surface area contributed by atoms with Gasteiger partial charge in [0.05, 0.1) is 0 Å². The molecular formula is C10H6BrF4N5. The lowest BCUT2D eigenvalue weighted by Gasteiger charge is -2.11. The van der Waals surface area contributed by atoms with Gasteiger partial charge in [-0.2, -0.15) is 0 Å². The number of rotatable bonds is 3. The first-order valence-electron chi connectivity index (χ1n) is 5.02. The summed E-state index contributed by atoms with van der Waals surface area (Å²) in [5.74, 6) is -1.08. The van der Waals surface area contributed by atoms with Crippen molar-refractivity contribution in [3.63, 3.8) is 0 Å². The highest BCUT2D eigenvalue weighted by Crippen LogP contribution is 2.32. The summed E-state index contributed by atoms with van der Waals surface area (Å²) in [5, 5.41) is 2.14. The Morgan fingerprint density at radius 1 is 1.00 bits per heavy atom. The van der Waals surface area contributed by atoms with Crippen molar-refractivity contribution in [1.82, 2.24) is 9.97 Å². The maximum absolute atomic E-state index is 13.5. The van der Waals surface area contributed by atoms with Gasteiger partial charge in [0.2, 0.25) is 0 Å². The van der Waals surface area contributed by atoms with Crippen molar-refractivity contribution in [2.45, 2.75) is 0 Å². The summed E-state index contributed by atoms with van der Waals surface area (Å²) < 4.78 is 53.3. The summed E-state index contributed by atoms with van der Waals surface area (Å²) in [4.78, 5) is 7.39. The molecule has 0 amide bonds. The molecule has 0 fully saturated rings. The van der Waals surface area contributed by atoms with Crippen molar-refractivity contribution in [1.29, 1.82) is 0 Å². The van der Waals surface area contributed by atoms with E-state index in [2.05, 4.69) is 36.6 Å². The van der Waals surface area contributed by atoms with Crippen molar-refractivity contribution in [3.8, 4) is 0 Å². The number of hydrazine groups is 1. The highest BCUT2D eigenvalue weighted by atomic mass is 79.9. The van der Waals surface area contributed by atoms with E-state index in [1.165, 1.54) is 0 Å². The number of aromatic nitrogens is 2. The lowest BCUT2D eigenvalue weighted by Crippen LogP contribution is -2.11. The van der Waals surface area contributed by atoms with Crippen LogP contribution >= 0.6 is 15.9 Å². The van der Waals surface area contributed by atoms with E-state index in [4.69, 9.17) is 5.84 Å². The van der Waals surface area contributed by atoms with Crippen LogP contribution in [-0.2, 0) is 0 Å². The van der Waals surface area contributed by atoms with E-state index in [1.54, 1.807) is 0 Å². The molecule has 4 N–H and O–H groups in total. The molecule has 1 heterocycles. The average molecular weight is 352 g/mol. The second kappa shape index (κ2) is 5.59. The Morgan fingerprint density at radius 2 is 1.55 bits per heavy atom. The van der Waals surface area contributed by atoms with E-state index >= 15 is 0 Å². The number of nitrogen functional groups attached to an aromatic ring is 1. The average Bonchev–Trinajstić information content (AvgIpc) is 2.43. The number of anilines is 3. The van der Waals surface area contributed by atoms with Gasteiger partial charge >= 0.3 is 0 Å². The second-order valence-corrected chi connectivity index (χ2v) is 4.29. The molecule has 0 atom stereocenters. The van der Waals surface area contributed by atoms with Crippen LogP contribution in [0.3, 0.4) is 0 Å². The summed E-state index contributed by atoms with van der Waals surface area (Å²) in [5.41, 5.74) is 1.19. The normalized spacial score (nSPS) is 10.5. The number of nitrogens with one attached hydrogen (secondary N) is 2. The van der Waals surface area contributed by atoms with E-state index in [0.717, 1.165) is 6.33 Å². The number of nitrogens with two attached hydrogens (primary N) is 1. The smallest absolute Gasteiger partial charge is 0.185 e. The molecule has 2 aromatic rings. The summed E-state index contributed by atoms with van der Waals surface area (Å²) in [7, 11) is 0. The van der Waals surface area contributed by atoms with Crippen LogP contribution in [0.2, 0.25) is 0 Å². The first-order chi connectivity index (χ1) is 9.45. The molecule has 1 aromatic heterocycles. The Labute approximate surface area is 118 Å². The fourth-order valence-corrected chi connectivity index (χ4v) is 1.78. The molecule has 0 bridgehead atoms. The molecule has 0 unspecified atom stereocenters. The maximum Gasteiger partial charge on any atom is 0.185 e. The zero-order valence-corrected chi connectivity index (χ0v) is 11.1. The van der Waals surface area contributed by atoms with Gasteiger partial charge in [0.25, 0.3) is 0 Å². The van der Waals surface area contributed by atoms with Crippen LogP contribution < -0.4 is 16.6 Å². The van der Waals surface area contributed by atoms with E-state index < -0.39 is 29.0 Å². The zero-order chi connectivity index (χ0) is 14.9. The van der Waals surface area contributed by atoms with Gasteiger partial charge in [-0.15, -0.1) is 0 Å². The molecule has 0 radical (unpaired) electrons. The fourth-order valence-electron chi connectivity index (χ4n) is 1.36. The summed E-state index contributed by atoms with van der Waals surface area (Å²) >= 11 is 3.02. The summed E-state index contributed by atoms with van der Waals surface area (Å²) in [6.45, 7) is 0. The lowest BCUT2D eigenvalue weighted by molar-refractivity contribution is 0.459. The van der Waals surface area contributed by atoms with Crippen molar-refractivity contribution >= 4 is 33.3 Å². The number of halogens is 5. The van der Waals surface area contributed by atoms with Gasteiger partial charge in [-0.1, -0.05) is 0 Å². The molecule has 0 aliphatic heterocycles. The van der Waals surface area contributed by atoms with Gasteiger partial charge < -0.3 is 10.7 Å². The molecule has 1 aromatic carbocycles. The molecule has 0 saturated heterocycles. The van der Waals surface area contributed by atoms with Gasteiger partial charge in [-0.05, 0) is 15.9 Å². The molecule has 10 heteroatoms. The molecule has 106 valence electrons. The van der Waals surface area contributed by atoms with E-state index in [0.29, 0.717) is 0 Å². The Balaban J connectivity index is 2.51. The molecule has 0 saturated carbocycles. The zero-order valence-electron chi connectivity index (χ0n) is 9.52. The quantitative estimate of drug-likeness (QED) is 0.343. The van der Waals surface area contributed by atoms with Crippen LogP contribution in [0.5, 0.6) is 0 Å². The SMILES string of the molecule is NNc1ncnc(Nc2c(F)c(F)cc(F)c2F)c1Br. The Hall–Kier alpha value is -1.94.